The Hall–Kier alpha value is -3.68. The summed E-state index contributed by atoms with van der Waals surface area (Å²) in [6.07, 6.45) is 1.76. The van der Waals surface area contributed by atoms with Crippen LogP contribution in [0.25, 0.3) is 0 Å². The lowest BCUT2D eigenvalue weighted by molar-refractivity contribution is -0.117. The van der Waals surface area contributed by atoms with Crippen molar-refractivity contribution in [2.24, 2.45) is 0 Å². The molecular formula is C28H31N3O4. The summed E-state index contributed by atoms with van der Waals surface area (Å²) in [4.78, 5) is 27.3. The van der Waals surface area contributed by atoms with E-state index in [1.807, 2.05) is 36.4 Å². The maximum absolute atomic E-state index is 12.6. The minimum absolute atomic E-state index is 0.0424. The maximum atomic E-state index is 12.6. The fraction of sp³-hybridized carbons (Fsp3) is 0.286. The minimum atomic E-state index is -0.0779. The number of nitrogens with zero attached hydrogens (tertiary/aromatic N) is 1. The summed E-state index contributed by atoms with van der Waals surface area (Å²) >= 11 is 0. The van der Waals surface area contributed by atoms with Crippen LogP contribution in [0.3, 0.4) is 0 Å². The van der Waals surface area contributed by atoms with Crippen LogP contribution in [0.4, 0.5) is 11.4 Å². The summed E-state index contributed by atoms with van der Waals surface area (Å²) < 4.78 is 5.45. The summed E-state index contributed by atoms with van der Waals surface area (Å²) in [6.45, 7) is 1.84. The molecule has 1 aliphatic rings. The van der Waals surface area contributed by atoms with Gasteiger partial charge in [0.1, 0.15) is 5.75 Å². The second kappa shape index (κ2) is 11.6. The highest BCUT2D eigenvalue weighted by Gasteiger charge is 2.22. The first-order chi connectivity index (χ1) is 17.1. The Bertz CT molecular complexity index is 1120. The zero-order valence-electron chi connectivity index (χ0n) is 19.9. The SMILES string of the molecule is COc1cccc(CO)c1NC1CCN(CC(=O)Nc2ccc(C(=O)c3ccccc3)cc2)CC1. The number of hydrogen-bond donors (Lipinski definition) is 3. The van der Waals surface area contributed by atoms with Gasteiger partial charge in [0.05, 0.1) is 25.9 Å². The van der Waals surface area contributed by atoms with E-state index < -0.39 is 0 Å². The van der Waals surface area contributed by atoms with E-state index in [4.69, 9.17) is 4.74 Å². The number of carbonyl (C=O) groups is 2. The molecule has 4 rings (SSSR count). The molecule has 0 saturated carbocycles. The van der Waals surface area contributed by atoms with Gasteiger partial charge in [-0.25, -0.2) is 0 Å². The Morgan fingerprint density at radius 3 is 2.29 bits per heavy atom. The van der Waals surface area contributed by atoms with Crippen LogP contribution < -0.4 is 15.4 Å². The number of hydrogen-bond acceptors (Lipinski definition) is 6. The summed E-state index contributed by atoms with van der Waals surface area (Å²) in [5, 5.41) is 16.1. The number of rotatable bonds is 9. The number of ether oxygens (including phenoxy) is 1. The topological polar surface area (TPSA) is 90.9 Å². The lowest BCUT2D eigenvalue weighted by Gasteiger charge is -2.33. The van der Waals surface area contributed by atoms with E-state index >= 15 is 0 Å². The Kier molecular flexibility index (Phi) is 8.13. The molecule has 7 heteroatoms. The molecule has 1 aliphatic heterocycles. The molecule has 0 radical (unpaired) electrons. The molecule has 35 heavy (non-hydrogen) atoms. The first kappa shape index (κ1) is 24.4. The highest BCUT2D eigenvalue weighted by Crippen LogP contribution is 2.30. The van der Waals surface area contributed by atoms with Gasteiger partial charge in [0.25, 0.3) is 0 Å². The number of aliphatic hydroxyl groups excluding tert-OH is 1. The van der Waals surface area contributed by atoms with Gasteiger partial charge in [0.2, 0.25) is 5.91 Å². The predicted octanol–water partition coefficient (Wildman–Crippen LogP) is 3.93. The molecule has 1 saturated heterocycles. The molecule has 3 N–H and O–H groups in total. The summed E-state index contributed by atoms with van der Waals surface area (Å²) in [5.74, 6) is 0.597. The fourth-order valence-corrected chi connectivity index (χ4v) is 4.35. The quantitative estimate of drug-likeness (QED) is 0.408. The first-order valence-electron chi connectivity index (χ1n) is 11.8. The van der Waals surface area contributed by atoms with Gasteiger partial charge < -0.3 is 20.5 Å². The third kappa shape index (κ3) is 6.26. The average molecular weight is 474 g/mol. The van der Waals surface area contributed by atoms with Crippen molar-refractivity contribution in [2.75, 3.05) is 37.4 Å². The molecule has 0 aliphatic carbocycles. The number of carbonyl (C=O) groups excluding carboxylic acids is 2. The Labute approximate surface area is 205 Å². The van der Waals surface area contributed by atoms with Crippen molar-refractivity contribution in [2.45, 2.75) is 25.5 Å². The van der Waals surface area contributed by atoms with Crippen LogP contribution in [0.2, 0.25) is 0 Å². The van der Waals surface area contributed by atoms with Crippen LogP contribution in [-0.4, -0.2) is 54.5 Å². The third-order valence-corrected chi connectivity index (χ3v) is 6.27. The molecule has 0 spiro atoms. The Balaban J connectivity index is 1.26. The molecule has 1 heterocycles. The number of anilines is 2. The number of aliphatic hydroxyl groups is 1. The van der Waals surface area contributed by atoms with Gasteiger partial charge in [-0.1, -0.05) is 42.5 Å². The highest BCUT2D eigenvalue weighted by molar-refractivity contribution is 6.09. The van der Waals surface area contributed by atoms with Crippen molar-refractivity contribution in [1.29, 1.82) is 0 Å². The summed E-state index contributed by atoms with van der Waals surface area (Å²) in [6, 6.07) is 22.0. The standard InChI is InChI=1S/C28H31N3O4/c1-35-25-9-5-8-22(19-32)27(25)30-24-14-16-31(17-15-24)18-26(33)29-23-12-10-21(11-13-23)28(34)20-6-3-2-4-7-20/h2-13,24,30,32H,14-19H2,1H3,(H,29,33). The molecule has 0 atom stereocenters. The van der Waals surface area contributed by atoms with E-state index in [0.29, 0.717) is 23.4 Å². The van der Waals surface area contributed by atoms with Crippen molar-refractivity contribution in [3.8, 4) is 5.75 Å². The maximum Gasteiger partial charge on any atom is 0.238 e. The second-order valence-electron chi connectivity index (χ2n) is 8.67. The van der Waals surface area contributed by atoms with Crippen LogP contribution in [0.1, 0.15) is 34.3 Å². The van der Waals surface area contributed by atoms with Crippen LogP contribution in [0, 0.1) is 0 Å². The average Bonchev–Trinajstić information content (AvgIpc) is 2.90. The van der Waals surface area contributed by atoms with Crippen molar-refractivity contribution in [3.63, 3.8) is 0 Å². The van der Waals surface area contributed by atoms with Gasteiger partial charge in [-0.2, -0.15) is 0 Å². The lowest BCUT2D eigenvalue weighted by Crippen LogP contribution is -2.42. The number of nitrogens with one attached hydrogen (secondary N) is 2. The largest absolute Gasteiger partial charge is 0.495 e. The van der Waals surface area contributed by atoms with E-state index in [-0.39, 0.29) is 24.3 Å². The highest BCUT2D eigenvalue weighted by atomic mass is 16.5. The number of likely N-dealkylation sites (tertiary alicyclic amines) is 1. The van der Waals surface area contributed by atoms with Crippen molar-refractivity contribution in [3.05, 3.63) is 89.5 Å². The van der Waals surface area contributed by atoms with Crippen molar-refractivity contribution >= 4 is 23.1 Å². The normalized spacial score (nSPS) is 14.3. The molecule has 1 fully saturated rings. The first-order valence-corrected chi connectivity index (χ1v) is 11.8. The van der Waals surface area contributed by atoms with Crippen LogP contribution in [0.5, 0.6) is 5.75 Å². The molecule has 0 bridgehead atoms. The smallest absolute Gasteiger partial charge is 0.238 e. The number of methoxy groups -OCH3 is 1. The van der Waals surface area contributed by atoms with Crippen molar-refractivity contribution in [1.82, 2.24) is 4.90 Å². The molecule has 7 nitrogen and oxygen atoms in total. The van der Waals surface area contributed by atoms with E-state index in [2.05, 4.69) is 15.5 Å². The molecule has 182 valence electrons. The minimum Gasteiger partial charge on any atom is -0.495 e. The van der Waals surface area contributed by atoms with Crippen LogP contribution in [-0.2, 0) is 11.4 Å². The number of benzene rings is 3. The van der Waals surface area contributed by atoms with E-state index in [1.165, 1.54) is 0 Å². The zero-order valence-corrected chi connectivity index (χ0v) is 19.9. The number of ketones is 1. The molecular weight excluding hydrogens is 442 g/mol. The Morgan fingerprint density at radius 2 is 1.63 bits per heavy atom. The lowest BCUT2D eigenvalue weighted by atomic mass is 10.0. The molecule has 0 aromatic heterocycles. The molecule has 1 amide bonds. The zero-order chi connectivity index (χ0) is 24.6. The van der Waals surface area contributed by atoms with E-state index in [0.717, 1.165) is 42.9 Å². The van der Waals surface area contributed by atoms with Crippen molar-refractivity contribution < 1.29 is 19.4 Å². The number of amides is 1. The van der Waals surface area contributed by atoms with Gasteiger partial charge in [-0.3, -0.25) is 14.5 Å². The van der Waals surface area contributed by atoms with Gasteiger partial charge in [-0.15, -0.1) is 0 Å². The monoisotopic (exact) mass is 473 g/mol. The summed E-state index contributed by atoms with van der Waals surface area (Å²) in [5.41, 5.74) is 3.54. The molecule has 3 aromatic carbocycles. The third-order valence-electron chi connectivity index (χ3n) is 6.27. The van der Waals surface area contributed by atoms with E-state index in [1.54, 1.807) is 43.5 Å². The fourth-order valence-electron chi connectivity index (χ4n) is 4.35. The Morgan fingerprint density at radius 1 is 0.943 bits per heavy atom. The predicted molar refractivity (Wildman–Crippen MR) is 137 cm³/mol. The number of para-hydroxylation sites is 1. The van der Waals surface area contributed by atoms with Gasteiger partial charge in [0, 0.05) is 41.5 Å². The second-order valence-corrected chi connectivity index (χ2v) is 8.67. The van der Waals surface area contributed by atoms with Crippen LogP contribution in [0.15, 0.2) is 72.8 Å². The molecule has 3 aromatic rings. The van der Waals surface area contributed by atoms with E-state index in [9.17, 15) is 14.7 Å². The van der Waals surface area contributed by atoms with Gasteiger partial charge in [-0.05, 0) is 43.2 Å². The van der Waals surface area contributed by atoms with Gasteiger partial charge >= 0.3 is 0 Å². The van der Waals surface area contributed by atoms with Crippen LogP contribution >= 0.6 is 0 Å². The van der Waals surface area contributed by atoms with Gasteiger partial charge in [0.15, 0.2) is 5.78 Å². The molecule has 0 unspecified atom stereocenters. The number of piperidine rings is 1. The summed E-state index contributed by atoms with van der Waals surface area (Å²) in [7, 11) is 1.62.